The van der Waals surface area contributed by atoms with Crippen molar-refractivity contribution in [2.75, 3.05) is 24.3 Å². The van der Waals surface area contributed by atoms with Crippen LogP contribution in [0.2, 0.25) is 5.02 Å². The normalized spacial score (nSPS) is 13.0. The molecular weight excluding hydrogens is 366 g/mol. The maximum atomic E-state index is 12.4. The zero-order valence-electron chi connectivity index (χ0n) is 15.3. The average molecular weight is 388 g/mol. The standard InChI is InChI=1S/C20H22ClN3O3/c1-12-9-17(18(27-2)10-15(12)21)22-11-19(25)24-16-6-4-3-5-14(16)20(26)23-13-7-8-13/h3-6,9-10,13,22H,7-8,11H2,1-2H3,(H,23,26)(H,24,25). The third kappa shape index (κ3) is 4.92. The quantitative estimate of drug-likeness (QED) is 0.678. The van der Waals surface area contributed by atoms with Gasteiger partial charge in [-0.2, -0.15) is 0 Å². The van der Waals surface area contributed by atoms with Crippen molar-refractivity contribution in [3.8, 4) is 5.75 Å². The highest BCUT2D eigenvalue weighted by Crippen LogP contribution is 2.30. The summed E-state index contributed by atoms with van der Waals surface area (Å²) in [6.45, 7) is 1.90. The number of anilines is 2. The number of amides is 2. The Kier molecular flexibility index (Phi) is 5.86. The predicted molar refractivity (Wildman–Crippen MR) is 107 cm³/mol. The van der Waals surface area contributed by atoms with Crippen molar-refractivity contribution in [1.29, 1.82) is 0 Å². The van der Waals surface area contributed by atoms with E-state index in [9.17, 15) is 9.59 Å². The Labute approximate surface area is 163 Å². The molecule has 0 radical (unpaired) electrons. The first kappa shape index (κ1) is 19.0. The van der Waals surface area contributed by atoms with Crippen molar-refractivity contribution >= 4 is 34.8 Å². The molecule has 0 atom stereocenters. The van der Waals surface area contributed by atoms with E-state index in [2.05, 4.69) is 16.0 Å². The number of hydrogen-bond donors (Lipinski definition) is 3. The lowest BCUT2D eigenvalue weighted by atomic mass is 10.1. The van der Waals surface area contributed by atoms with Crippen LogP contribution in [0, 0.1) is 6.92 Å². The van der Waals surface area contributed by atoms with Crippen molar-refractivity contribution in [1.82, 2.24) is 5.32 Å². The third-order valence-electron chi connectivity index (χ3n) is 4.28. The summed E-state index contributed by atoms with van der Waals surface area (Å²) in [4.78, 5) is 24.7. The fourth-order valence-corrected chi connectivity index (χ4v) is 2.77. The number of halogens is 1. The maximum absolute atomic E-state index is 12.4. The Morgan fingerprint density at radius 2 is 1.93 bits per heavy atom. The molecule has 142 valence electrons. The molecule has 1 aliphatic carbocycles. The minimum Gasteiger partial charge on any atom is -0.495 e. The molecule has 6 nitrogen and oxygen atoms in total. The molecule has 0 saturated heterocycles. The van der Waals surface area contributed by atoms with Crippen molar-refractivity contribution < 1.29 is 14.3 Å². The van der Waals surface area contributed by atoms with Crippen molar-refractivity contribution in [3.05, 3.63) is 52.5 Å². The molecule has 0 aromatic heterocycles. The zero-order chi connectivity index (χ0) is 19.4. The molecule has 1 aliphatic rings. The summed E-state index contributed by atoms with van der Waals surface area (Å²) in [6.07, 6.45) is 2.01. The molecule has 0 heterocycles. The highest BCUT2D eigenvalue weighted by Gasteiger charge is 2.25. The minimum atomic E-state index is -0.267. The molecular formula is C20H22ClN3O3. The second-order valence-corrected chi connectivity index (χ2v) is 6.90. The van der Waals surface area contributed by atoms with Gasteiger partial charge in [0.25, 0.3) is 5.91 Å². The summed E-state index contributed by atoms with van der Waals surface area (Å²) in [5.41, 5.74) is 2.50. The molecule has 2 amide bonds. The molecule has 7 heteroatoms. The SMILES string of the molecule is COc1cc(Cl)c(C)cc1NCC(=O)Nc1ccccc1C(=O)NC1CC1. The van der Waals surface area contributed by atoms with Gasteiger partial charge in [-0.05, 0) is 43.5 Å². The largest absolute Gasteiger partial charge is 0.495 e. The average Bonchev–Trinajstić information content (AvgIpc) is 3.46. The van der Waals surface area contributed by atoms with E-state index in [1.165, 1.54) is 0 Å². The lowest BCUT2D eigenvalue weighted by molar-refractivity contribution is -0.114. The number of carbonyl (C=O) groups is 2. The molecule has 1 saturated carbocycles. The van der Waals surface area contributed by atoms with Gasteiger partial charge in [0.1, 0.15) is 5.75 Å². The summed E-state index contributed by atoms with van der Waals surface area (Å²) in [6, 6.07) is 10.8. The Morgan fingerprint density at radius 3 is 2.63 bits per heavy atom. The van der Waals surface area contributed by atoms with Gasteiger partial charge in [-0.15, -0.1) is 0 Å². The lowest BCUT2D eigenvalue weighted by Gasteiger charge is -2.14. The third-order valence-corrected chi connectivity index (χ3v) is 4.69. The van der Waals surface area contributed by atoms with Gasteiger partial charge >= 0.3 is 0 Å². The summed E-state index contributed by atoms with van der Waals surface area (Å²) in [5.74, 6) is 0.121. The van der Waals surface area contributed by atoms with E-state index in [1.54, 1.807) is 37.4 Å². The van der Waals surface area contributed by atoms with Gasteiger partial charge in [-0.1, -0.05) is 23.7 Å². The minimum absolute atomic E-state index is 0.0238. The van der Waals surface area contributed by atoms with Crippen LogP contribution in [0.4, 0.5) is 11.4 Å². The van der Waals surface area contributed by atoms with Gasteiger partial charge in [-0.25, -0.2) is 0 Å². The van der Waals surface area contributed by atoms with Crippen LogP contribution in [0.15, 0.2) is 36.4 Å². The van der Waals surface area contributed by atoms with E-state index in [1.807, 2.05) is 13.0 Å². The van der Waals surface area contributed by atoms with Crippen LogP contribution in [0.5, 0.6) is 5.75 Å². The van der Waals surface area contributed by atoms with Gasteiger partial charge in [0, 0.05) is 17.1 Å². The number of rotatable bonds is 7. The Bertz CT molecular complexity index is 866. The predicted octanol–water partition coefficient (Wildman–Crippen LogP) is 3.60. The van der Waals surface area contributed by atoms with Gasteiger partial charge in [-0.3, -0.25) is 9.59 Å². The molecule has 1 fully saturated rings. The maximum Gasteiger partial charge on any atom is 0.253 e. The number of nitrogens with one attached hydrogen (secondary N) is 3. The number of benzene rings is 2. The number of aryl methyl sites for hydroxylation is 1. The van der Waals surface area contributed by atoms with Crippen LogP contribution in [0.1, 0.15) is 28.8 Å². The molecule has 2 aromatic rings. The van der Waals surface area contributed by atoms with Gasteiger partial charge < -0.3 is 20.7 Å². The number of hydrogen-bond acceptors (Lipinski definition) is 4. The topological polar surface area (TPSA) is 79.5 Å². The number of carbonyl (C=O) groups excluding carboxylic acids is 2. The first-order valence-corrected chi connectivity index (χ1v) is 9.13. The first-order chi connectivity index (χ1) is 13.0. The number of methoxy groups -OCH3 is 1. The number of para-hydroxylation sites is 1. The van der Waals surface area contributed by atoms with Crippen molar-refractivity contribution in [2.24, 2.45) is 0 Å². The molecule has 3 N–H and O–H groups in total. The fourth-order valence-electron chi connectivity index (χ4n) is 2.62. The monoisotopic (exact) mass is 387 g/mol. The van der Waals surface area contributed by atoms with Crippen LogP contribution < -0.4 is 20.7 Å². The molecule has 0 unspecified atom stereocenters. The lowest BCUT2D eigenvalue weighted by Crippen LogP contribution is -2.28. The Hall–Kier alpha value is -2.73. The van der Waals surface area contributed by atoms with E-state index in [0.717, 1.165) is 18.4 Å². The van der Waals surface area contributed by atoms with E-state index in [-0.39, 0.29) is 24.4 Å². The molecule has 0 bridgehead atoms. The van der Waals surface area contributed by atoms with Crippen LogP contribution in [-0.4, -0.2) is 31.5 Å². The Morgan fingerprint density at radius 1 is 1.19 bits per heavy atom. The van der Waals surface area contributed by atoms with Crippen LogP contribution in [0.3, 0.4) is 0 Å². The van der Waals surface area contributed by atoms with Gasteiger partial charge in [0.05, 0.1) is 30.6 Å². The summed E-state index contributed by atoms with van der Waals surface area (Å²) < 4.78 is 5.29. The summed E-state index contributed by atoms with van der Waals surface area (Å²) in [5, 5.41) is 9.36. The summed E-state index contributed by atoms with van der Waals surface area (Å²) in [7, 11) is 1.54. The molecule has 0 aliphatic heterocycles. The highest BCUT2D eigenvalue weighted by atomic mass is 35.5. The van der Waals surface area contributed by atoms with Crippen LogP contribution in [0.25, 0.3) is 0 Å². The molecule has 2 aromatic carbocycles. The second-order valence-electron chi connectivity index (χ2n) is 6.50. The van der Waals surface area contributed by atoms with Crippen molar-refractivity contribution in [2.45, 2.75) is 25.8 Å². The first-order valence-electron chi connectivity index (χ1n) is 8.75. The summed E-state index contributed by atoms with van der Waals surface area (Å²) >= 11 is 6.10. The zero-order valence-corrected chi connectivity index (χ0v) is 16.0. The van der Waals surface area contributed by atoms with Crippen molar-refractivity contribution in [3.63, 3.8) is 0 Å². The molecule has 0 spiro atoms. The highest BCUT2D eigenvalue weighted by molar-refractivity contribution is 6.31. The van der Waals surface area contributed by atoms with E-state index in [4.69, 9.17) is 16.3 Å². The van der Waals surface area contributed by atoms with E-state index < -0.39 is 0 Å². The van der Waals surface area contributed by atoms with Gasteiger partial charge in [0.15, 0.2) is 0 Å². The molecule has 3 rings (SSSR count). The van der Waals surface area contributed by atoms with Gasteiger partial charge in [0.2, 0.25) is 5.91 Å². The Balaban J connectivity index is 1.65. The second kappa shape index (κ2) is 8.31. The van der Waals surface area contributed by atoms with Crippen LogP contribution in [-0.2, 0) is 4.79 Å². The molecule has 27 heavy (non-hydrogen) atoms. The number of ether oxygens (including phenoxy) is 1. The van der Waals surface area contributed by atoms with E-state index >= 15 is 0 Å². The van der Waals surface area contributed by atoms with E-state index in [0.29, 0.717) is 27.7 Å². The fraction of sp³-hybridized carbons (Fsp3) is 0.300. The van der Waals surface area contributed by atoms with Crippen LogP contribution >= 0.6 is 11.6 Å². The smallest absolute Gasteiger partial charge is 0.253 e.